The van der Waals surface area contributed by atoms with Crippen molar-refractivity contribution in [2.24, 2.45) is 5.73 Å². The van der Waals surface area contributed by atoms with Crippen molar-refractivity contribution in [2.45, 2.75) is 45.6 Å². The molecule has 2 amide bonds. The number of hydrogen-bond acceptors (Lipinski definition) is 12. The maximum absolute atomic E-state index is 11.3. The molecule has 0 unspecified atom stereocenters. The van der Waals surface area contributed by atoms with E-state index in [0.29, 0.717) is 105 Å². The number of rotatable bonds is 34. The van der Waals surface area contributed by atoms with Crippen LogP contribution in [-0.2, 0) is 52.2 Å². The van der Waals surface area contributed by atoms with Gasteiger partial charge in [-0.2, -0.15) is 0 Å². The van der Waals surface area contributed by atoms with Crippen molar-refractivity contribution in [3.63, 3.8) is 0 Å². The van der Waals surface area contributed by atoms with Gasteiger partial charge in [0.05, 0.1) is 92.5 Å². The highest BCUT2D eigenvalue weighted by atomic mass is 16.6. The molecule has 0 saturated carbocycles. The van der Waals surface area contributed by atoms with E-state index in [1.807, 2.05) is 13.8 Å². The lowest BCUT2D eigenvalue weighted by Gasteiger charge is -2.31. The lowest BCUT2D eigenvalue weighted by molar-refractivity contribution is -0.121. The minimum atomic E-state index is -0.869. The first kappa shape index (κ1) is 50.6. The van der Waals surface area contributed by atoms with Crippen molar-refractivity contribution in [2.75, 3.05) is 132 Å². The third-order valence-corrected chi connectivity index (χ3v) is 5.44. The lowest BCUT2D eigenvalue weighted by Crippen LogP contribution is -2.56. The smallest absolute Gasteiger partial charge is 0.220 e. The van der Waals surface area contributed by atoms with E-state index in [-0.39, 0.29) is 45.5 Å². The summed E-state index contributed by atoms with van der Waals surface area (Å²) in [7, 11) is 0. The van der Waals surface area contributed by atoms with E-state index in [4.69, 9.17) is 67.6 Å². The van der Waals surface area contributed by atoms with Gasteiger partial charge >= 0.3 is 0 Å². The average molecular weight is 702 g/mol. The van der Waals surface area contributed by atoms with Gasteiger partial charge in [-0.3, -0.25) is 9.59 Å². The first-order valence-corrected chi connectivity index (χ1v) is 16.7. The molecular weight excluding hydrogens is 638 g/mol. The Morgan fingerprint density at radius 1 is 0.653 bits per heavy atom. The fourth-order valence-electron chi connectivity index (χ4n) is 3.25. The summed E-state index contributed by atoms with van der Waals surface area (Å²) in [5, 5.41) is 5.38. The number of nitrogens with two attached hydrogens (primary N) is 1. The molecule has 0 aromatic carbocycles. The van der Waals surface area contributed by atoms with Crippen LogP contribution in [0, 0.1) is 37.0 Å². The van der Waals surface area contributed by atoms with Crippen molar-refractivity contribution in [1.29, 1.82) is 0 Å². The summed E-state index contributed by atoms with van der Waals surface area (Å²) in [6, 6.07) is 0. The predicted molar refractivity (Wildman–Crippen MR) is 189 cm³/mol. The van der Waals surface area contributed by atoms with Gasteiger partial charge < -0.3 is 59.0 Å². The topological polar surface area (TPSA) is 167 Å². The Kier molecular flexibility index (Phi) is 46.7. The zero-order valence-corrected chi connectivity index (χ0v) is 30.1. The van der Waals surface area contributed by atoms with Crippen molar-refractivity contribution in [3.05, 3.63) is 0 Å². The van der Waals surface area contributed by atoms with E-state index in [1.54, 1.807) is 0 Å². The summed E-state index contributed by atoms with van der Waals surface area (Å²) in [6.45, 7) is 14.6. The Labute approximate surface area is 295 Å². The molecule has 0 aromatic heterocycles. The fraction of sp³-hybridized carbons (Fsp3) is 0.771. The van der Waals surface area contributed by atoms with Gasteiger partial charge in [0.25, 0.3) is 0 Å². The van der Waals surface area contributed by atoms with Crippen molar-refractivity contribution in [3.8, 4) is 37.0 Å². The van der Waals surface area contributed by atoms with E-state index in [2.05, 4.69) is 35.3 Å². The minimum Gasteiger partial charge on any atom is -0.379 e. The van der Waals surface area contributed by atoms with E-state index >= 15 is 0 Å². The van der Waals surface area contributed by atoms with Crippen molar-refractivity contribution >= 4 is 12.3 Å². The second-order valence-corrected chi connectivity index (χ2v) is 9.55. The molecule has 0 atom stereocenters. The molecule has 0 bridgehead atoms. The molecule has 0 spiro atoms. The highest BCUT2D eigenvalue weighted by molar-refractivity contribution is 5.75. The monoisotopic (exact) mass is 701 g/mol. The summed E-state index contributed by atoms with van der Waals surface area (Å²) < 4.78 is 47.9. The number of carbonyl (C=O) groups excluding carboxylic acids is 2. The Balaban J connectivity index is -0.000000877. The van der Waals surface area contributed by atoms with Crippen LogP contribution in [0.2, 0.25) is 0 Å². The summed E-state index contributed by atoms with van der Waals surface area (Å²) in [4.78, 5) is 22.0. The first-order chi connectivity index (χ1) is 24.1. The van der Waals surface area contributed by atoms with Gasteiger partial charge in [-0.25, -0.2) is 0 Å². The van der Waals surface area contributed by atoms with Crippen LogP contribution in [0.4, 0.5) is 0 Å². The highest BCUT2D eigenvalue weighted by Gasteiger charge is 2.31. The molecule has 0 aliphatic carbocycles. The first-order valence-electron chi connectivity index (χ1n) is 16.7. The van der Waals surface area contributed by atoms with Crippen LogP contribution in [0.25, 0.3) is 0 Å². The van der Waals surface area contributed by atoms with Gasteiger partial charge in [0.2, 0.25) is 12.3 Å². The summed E-state index contributed by atoms with van der Waals surface area (Å²) >= 11 is 0. The van der Waals surface area contributed by atoms with Crippen LogP contribution in [0.15, 0.2) is 0 Å². The number of terminal acetylenes is 3. The molecule has 0 radical (unpaired) electrons. The Bertz CT molecular complexity index is 779. The van der Waals surface area contributed by atoms with Crippen LogP contribution < -0.4 is 16.4 Å². The number of hydrogen-bond donors (Lipinski definition) is 3. The Morgan fingerprint density at radius 3 is 1.35 bits per heavy atom. The van der Waals surface area contributed by atoms with Gasteiger partial charge in [0, 0.05) is 19.6 Å². The predicted octanol–water partition coefficient (Wildman–Crippen LogP) is 0.798. The van der Waals surface area contributed by atoms with Gasteiger partial charge in [0.1, 0.15) is 25.4 Å². The van der Waals surface area contributed by atoms with Crippen LogP contribution in [0.3, 0.4) is 0 Å². The number of carbonyl (C=O) groups is 2. The molecule has 0 rings (SSSR count). The molecule has 0 fully saturated rings. The lowest BCUT2D eigenvalue weighted by atomic mass is 10.0. The molecule has 284 valence electrons. The largest absolute Gasteiger partial charge is 0.379 e. The normalized spacial score (nSPS) is 10.3. The van der Waals surface area contributed by atoms with Crippen molar-refractivity contribution < 1.29 is 52.2 Å². The fourth-order valence-corrected chi connectivity index (χ4v) is 3.25. The van der Waals surface area contributed by atoms with E-state index in [1.165, 1.54) is 0 Å². The zero-order valence-electron chi connectivity index (χ0n) is 30.1. The molecule has 4 N–H and O–H groups in total. The molecule has 49 heavy (non-hydrogen) atoms. The quantitative estimate of drug-likeness (QED) is 0.0492. The SMILES string of the molecule is C#CCOCC(COCC#C)(COCC#C)NC=O.CC.CCCOCCOCCOCCOCCOCCOCCNC(=O)CCCN. The summed E-state index contributed by atoms with van der Waals surface area (Å²) in [5.74, 6) is 7.01. The van der Waals surface area contributed by atoms with Gasteiger partial charge in [-0.15, -0.1) is 19.3 Å². The van der Waals surface area contributed by atoms with Crippen LogP contribution in [0.1, 0.15) is 40.0 Å². The van der Waals surface area contributed by atoms with Crippen LogP contribution in [-0.4, -0.2) is 150 Å². The minimum absolute atomic E-state index is 0.0102. The molecule has 0 aliphatic rings. The number of nitrogens with one attached hydrogen (secondary N) is 2. The molecular formula is C35H63N3O11. The molecule has 14 heteroatoms. The zero-order chi connectivity index (χ0) is 36.9. The maximum Gasteiger partial charge on any atom is 0.220 e. The highest BCUT2D eigenvalue weighted by Crippen LogP contribution is 2.08. The number of ether oxygens (including phenoxy) is 9. The molecule has 0 saturated heterocycles. The van der Waals surface area contributed by atoms with E-state index in [9.17, 15) is 9.59 Å². The van der Waals surface area contributed by atoms with E-state index in [0.717, 1.165) is 13.0 Å². The molecule has 0 aromatic rings. The van der Waals surface area contributed by atoms with Gasteiger partial charge in [0.15, 0.2) is 0 Å². The average Bonchev–Trinajstić information content (AvgIpc) is 3.11. The van der Waals surface area contributed by atoms with Crippen molar-refractivity contribution in [1.82, 2.24) is 10.6 Å². The standard InChI is InChI=1S/C19H40N2O7.C14H17NO4.C2H6/c1-2-7-23-9-11-25-13-15-27-17-18-28-16-14-26-12-10-24-8-6-21-19(22)4-3-5-20;1-4-7-17-10-14(15-13-16,11-18-8-5-2)12-19-9-6-3;1-2/h2-18,20H2,1H3,(H,21,22);1-3,13H,7-12H2,(H,15,16);1-2H3. The third kappa shape index (κ3) is 41.3. The summed E-state index contributed by atoms with van der Waals surface area (Å²) in [5.41, 5.74) is 4.47. The van der Waals surface area contributed by atoms with Gasteiger partial charge in [-0.05, 0) is 19.4 Å². The third-order valence-electron chi connectivity index (χ3n) is 5.44. The second kappa shape index (κ2) is 45.2. The Morgan fingerprint density at radius 2 is 1.02 bits per heavy atom. The van der Waals surface area contributed by atoms with E-state index < -0.39 is 5.54 Å². The van der Waals surface area contributed by atoms with Crippen LogP contribution >= 0.6 is 0 Å². The Hall–Kier alpha value is -2.78. The molecule has 0 aliphatic heterocycles. The molecule has 0 heterocycles. The van der Waals surface area contributed by atoms with Crippen LogP contribution in [0.5, 0.6) is 0 Å². The summed E-state index contributed by atoms with van der Waals surface area (Å²) in [6.07, 6.45) is 18.0. The van der Waals surface area contributed by atoms with Gasteiger partial charge in [-0.1, -0.05) is 38.5 Å². The maximum atomic E-state index is 11.3. The second-order valence-electron chi connectivity index (χ2n) is 9.55. The molecule has 14 nitrogen and oxygen atoms in total. The number of amides is 2.